The predicted octanol–water partition coefficient (Wildman–Crippen LogP) is 2.02. The van der Waals surface area contributed by atoms with Gasteiger partial charge in [-0.3, -0.25) is 9.59 Å². The number of likely N-dealkylation sites (N-methyl/N-ethyl adjacent to an activating group) is 1. The molecule has 1 aliphatic rings. The van der Waals surface area contributed by atoms with E-state index < -0.39 is 5.41 Å². The van der Waals surface area contributed by atoms with Crippen LogP contribution in [0.3, 0.4) is 0 Å². The molecule has 1 aromatic rings. The largest absolute Gasteiger partial charge is 0.353 e. The van der Waals surface area contributed by atoms with Crippen molar-refractivity contribution in [3.05, 3.63) is 35.9 Å². The van der Waals surface area contributed by atoms with Gasteiger partial charge in [0, 0.05) is 32.1 Å². The van der Waals surface area contributed by atoms with E-state index >= 15 is 0 Å². The van der Waals surface area contributed by atoms with Crippen LogP contribution < -0.4 is 5.32 Å². The highest BCUT2D eigenvalue weighted by Gasteiger charge is 2.43. The lowest BCUT2D eigenvalue weighted by atomic mass is 9.72. The second-order valence-electron chi connectivity index (χ2n) is 7.84. The monoisotopic (exact) mass is 345 g/mol. The second kappa shape index (κ2) is 7.56. The van der Waals surface area contributed by atoms with Crippen molar-refractivity contribution in [2.24, 2.45) is 0 Å². The summed E-state index contributed by atoms with van der Waals surface area (Å²) in [5.74, 6) is 0.146. The molecule has 1 saturated heterocycles. The van der Waals surface area contributed by atoms with Gasteiger partial charge in [-0.05, 0) is 46.3 Å². The fraction of sp³-hybridized carbons (Fsp3) is 0.600. The van der Waals surface area contributed by atoms with Crippen molar-refractivity contribution >= 4 is 11.8 Å². The number of amides is 2. The molecule has 0 radical (unpaired) electrons. The summed E-state index contributed by atoms with van der Waals surface area (Å²) >= 11 is 0. The molecule has 5 heteroatoms. The Morgan fingerprint density at radius 3 is 2.20 bits per heavy atom. The number of carbonyl (C=O) groups excluding carboxylic acids is 2. The van der Waals surface area contributed by atoms with Crippen LogP contribution in [0, 0.1) is 0 Å². The first-order valence-corrected chi connectivity index (χ1v) is 8.96. The summed E-state index contributed by atoms with van der Waals surface area (Å²) in [7, 11) is 4.04. The number of hydrogen-bond acceptors (Lipinski definition) is 3. The number of likely N-dealkylation sites (tertiary alicyclic amines) is 1. The molecule has 0 bridgehead atoms. The maximum atomic E-state index is 13.2. The van der Waals surface area contributed by atoms with E-state index in [0.717, 1.165) is 5.56 Å². The van der Waals surface area contributed by atoms with E-state index in [1.54, 1.807) is 6.92 Å². The second-order valence-corrected chi connectivity index (χ2v) is 7.84. The average Bonchev–Trinajstić information content (AvgIpc) is 2.60. The number of benzene rings is 1. The maximum absolute atomic E-state index is 13.2. The molecule has 1 aromatic carbocycles. The third-order valence-corrected chi connectivity index (χ3v) is 5.72. The van der Waals surface area contributed by atoms with Gasteiger partial charge in [0.1, 0.15) is 0 Å². The van der Waals surface area contributed by atoms with Crippen molar-refractivity contribution in [1.82, 2.24) is 15.1 Å². The third kappa shape index (κ3) is 4.21. The summed E-state index contributed by atoms with van der Waals surface area (Å²) in [6.07, 6.45) is 1.32. The van der Waals surface area contributed by atoms with Crippen LogP contribution in [-0.2, 0) is 15.0 Å². The zero-order valence-electron chi connectivity index (χ0n) is 16.1. The van der Waals surface area contributed by atoms with Crippen LogP contribution in [-0.4, -0.2) is 60.9 Å². The molecule has 1 aliphatic heterocycles. The van der Waals surface area contributed by atoms with E-state index in [0.29, 0.717) is 32.5 Å². The van der Waals surface area contributed by atoms with Gasteiger partial charge in [0.05, 0.1) is 5.41 Å². The zero-order valence-corrected chi connectivity index (χ0v) is 16.1. The molecule has 0 spiro atoms. The Morgan fingerprint density at radius 1 is 1.16 bits per heavy atom. The van der Waals surface area contributed by atoms with Crippen molar-refractivity contribution in [3.63, 3.8) is 0 Å². The van der Waals surface area contributed by atoms with Gasteiger partial charge >= 0.3 is 0 Å². The Balaban J connectivity index is 2.22. The minimum Gasteiger partial charge on any atom is -0.353 e. The smallest absolute Gasteiger partial charge is 0.230 e. The number of nitrogens with one attached hydrogen (secondary N) is 1. The standard InChI is InChI=1S/C20H31N3O2/c1-16(24)23-13-11-20(12-14-23,17-9-7-6-8-10-17)18(25)21-15-19(2,3)22(4)5/h6-10H,11-15H2,1-5H3,(H,21,25). The van der Waals surface area contributed by atoms with Crippen LogP contribution in [0.4, 0.5) is 0 Å². The quantitative estimate of drug-likeness (QED) is 0.888. The van der Waals surface area contributed by atoms with Crippen molar-refractivity contribution < 1.29 is 9.59 Å². The van der Waals surface area contributed by atoms with Crippen molar-refractivity contribution in [1.29, 1.82) is 0 Å². The fourth-order valence-electron chi connectivity index (χ4n) is 3.23. The van der Waals surface area contributed by atoms with Crippen LogP contribution in [0.25, 0.3) is 0 Å². The number of hydrogen-bond donors (Lipinski definition) is 1. The van der Waals surface area contributed by atoms with Gasteiger partial charge < -0.3 is 15.1 Å². The van der Waals surface area contributed by atoms with Gasteiger partial charge in [-0.25, -0.2) is 0 Å². The number of nitrogens with zero attached hydrogens (tertiary/aromatic N) is 2. The van der Waals surface area contributed by atoms with Gasteiger partial charge in [-0.1, -0.05) is 30.3 Å². The Morgan fingerprint density at radius 2 is 1.72 bits per heavy atom. The minimum absolute atomic E-state index is 0.0665. The molecule has 1 N–H and O–H groups in total. The van der Waals surface area contributed by atoms with Crippen LogP contribution in [0.15, 0.2) is 30.3 Å². The number of piperidine rings is 1. The van der Waals surface area contributed by atoms with Crippen molar-refractivity contribution in [2.75, 3.05) is 33.7 Å². The summed E-state index contributed by atoms with van der Waals surface area (Å²) in [6, 6.07) is 9.98. The first-order chi connectivity index (χ1) is 11.7. The Bertz CT molecular complexity index is 603. The molecule has 1 heterocycles. The molecule has 0 unspecified atom stereocenters. The van der Waals surface area contributed by atoms with Gasteiger partial charge in [0.15, 0.2) is 0 Å². The first-order valence-electron chi connectivity index (χ1n) is 8.96. The van der Waals surface area contributed by atoms with Crippen LogP contribution >= 0.6 is 0 Å². The molecule has 2 amide bonds. The maximum Gasteiger partial charge on any atom is 0.230 e. The van der Waals surface area contributed by atoms with E-state index in [2.05, 4.69) is 24.1 Å². The van der Waals surface area contributed by atoms with Crippen molar-refractivity contribution in [3.8, 4) is 0 Å². The average molecular weight is 345 g/mol. The lowest BCUT2D eigenvalue weighted by Gasteiger charge is -2.42. The Hall–Kier alpha value is -1.88. The molecule has 5 nitrogen and oxygen atoms in total. The van der Waals surface area contributed by atoms with Gasteiger partial charge in [0.2, 0.25) is 11.8 Å². The highest BCUT2D eigenvalue weighted by molar-refractivity contribution is 5.89. The molecule has 0 aliphatic carbocycles. The highest BCUT2D eigenvalue weighted by Crippen LogP contribution is 2.36. The van der Waals surface area contributed by atoms with E-state index in [4.69, 9.17) is 0 Å². The summed E-state index contributed by atoms with van der Waals surface area (Å²) < 4.78 is 0. The summed E-state index contributed by atoms with van der Waals surface area (Å²) in [4.78, 5) is 28.8. The van der Waals surface area contributed by atoms with E-state index in [9.17, 15) is 9.59 Å². The Labute approximate surface area is 151 Å². The SMILES string of the molecule is CC(=O)N1CCC(C(=O)NCC(C)(C)N(C)C)(c2ccccc2)CC1. The molecule has 0 atom stereocenters. The van der Waals surface area contributed by atoms with Gasteiger partial charge in [-0.2, -0.15) is 0 Å². The van der Waals surface area contributed by atoms with E-state index in [1.807, 2.05) is 49.3 Å². The predicted molar refractivity (Wildman–Crippen MR) is 100 cm³/mol. The highest BCUT2D eigenvalue weighted by atomic mass is 16.2. The van der Waals surface area contributed by atoms with Gasteiger partial charge in [-0.15, -0.1) is 0 Å². The Kier molecular flexibility index (Phi) is 5.88. The molecular formula is C20H31N3O2. The normalized spacial score (nSPS) is 17.4. The molecule has 0 saturated carbocycles. The summed E-state index contributed by atoms with van der Waals surface area (Å²) in [5.41, 5.74) is 0.363. The number of rotatable bonds is 5. The third-order valence-electron chi connectivity index (χ3n) is 5.72. The van der Waals surface area contributed by atoms with E-state index in [-0.39, 0.29) is 17.4 Å². The van der Waals surface area contributed by atoms with E-state index in [1.165, 1.54) is 0 Å². The molecular weight excluding hydrogens is 314 g/mol. The van der Waals surface area contributed by atoms with Crippen LogP contribution in [0.1, 0.15) is 39.2 Å². The summed E-state index contributed by atoms with van der Waals surface area (Å²) in [6.45, 7) is 7.64. The summed E-state index contributed by atoms with van der Waals surface area (Å²) in [5, 5.41) is 3.17. The lowest BCUT2D eigenvalue weighted by Crippen LogP contribution is -2.56. The first kappa shape index (κ1) is 19.4. The fourth-order valence-corrected chi connectivity index (χ4v) is 3.23. The zero-order chi connectivity index (χ0) is 18.7. The molecule has 138 valence electrons. The molecule has 2 rings (SSSR count). The number of carbonyl (C=O) groups is 2. The molecule has 25 heavy (non-hydrogen) atoms. The van der Waals surface area contributed by atoms with Gasteiger partial charge in [0.25, 0.3) is 0 Å². The van der Waals surface area contributed by atoms with Crippen LogP contribution in [0.2, 0.25) is 0 Å². The molecule has 0 aromatic heterocycles. The topological polar surface area (TPSA) is 52.7 Å². The molecule has 1 fully saturated rings. The minimum atomic E-state index is -0.560. The lowest BCUT2D eigenvalue weighted by molar-refractivity contribution is -0.135. The van der Waals surface area contributed by atoms with Crippen molar-refractivity contribution in [2.45, 2.75) is 44.6 Å². The van der Waals surface area contributed by atoms with Crippen LogP contribution in [0.5, 0.6) is 0 Å².